The predicted octanol–water partition coefficient (Wildman–Crippen LogP) is 4.16. The van der Waals surface area contributed by atoms with Crippen molar-refractivity contribution in [2.45, 2.75) is 32.1 Å². The number of nitrogens with one attached hydrogen (secondary N) is 1. The van der Waals surface area contributed by atoms with E-state index in [-0.39, 0.29) is 0 Å². The van der Waals surface area contributed by atoms with E-state index in [1.54, 1.807) is 33.7 Å². The summed E-state index contributed by atoms with van der Waals surface area (Å²) < 4.78 is 16.3. The third-order valence-corrected chi connectivity index (χ3v) is 4.92. The Kier molecular flexibility index (Phi) is 6.15. The standard InChI is InChI=1S/C20H27N3O3/c1-24-16-11-15(12-17(25-2)19(16)26-3)18-20(22-10-9-21-18)23-13-14-7-5-4-6-8-14/h9-12,14H,4-8,13H2,1-3H3,(H,22,23). The van der Waals surface area contributed by atoms with Crippen molar-refractivity contribution in [1.82, 2.24) is 9.97 Å². The maximum absolute atomic E-state index is 5.46. The monoisotopic (exact) mass is 357 g/mol. The Balaban J connectivity index is 1.89. The van der Waals surface area contributed by atoms with Gasteiger partial charge in [-0.1, -0.05) is 19.3 Å². The minimum atomic E-state index is 0.569. The number of anilines is 1. The number of rotatable bonds is 7. The molecule has 1 fully saturated rings. The maximum Gasteiger partial charge on any atom is 0.203 e. The zero-order chi connectivity index (χ0) is 18.4. The van der Waals surface area contributed by atoms with Crippen molar-refractivity contribution >= 4 is 5.82 Å². The van der Waals surface area contributed by atoms with Crippen molar-refractivity contribution < 1.29 is 14.2 Å². The summed E-state index contributed by atoms with van der Waals surface area (Å²) in [6, 6.07) is 3.80. The summed E-state index contributed by atoms with van der Waals surface area (Å²) in [5.41, 5.74) is 1.65. The highest BCUT2D eigenvalue weighted by Crippen LogP contribution is 2.41. The van der Waals surface area contributed by atoms with E-state index < -0.39 is 0 Å². The van der Waals surface area contributed by atoms with Crippen LogP contribution in [0.1, 0.15) is 32.1 Å². The second-order valence-corrected chi connectivity index (χ2v) is 6.55. The van der Waals surface area contributed by atoms with Crippen LogP contribution in [0.15, 0.2) is 24.5 Å². The lowest BCUT2D eigenvalue weighted by Crippen LogP contribution is -2.18. The van der Waals surface area contributed by atoms with Crippen LogP contribution in [0.4, 0.5) is 5.82 Å². The van der Waals surface area contributed by atoms with Crippen LogP contribution in [-0.4, -0.2) is 37.8 Å². The Morgan fingerprint density at radius 1 is 0.923 bits per heavy atom. The van der Waals surface area contributed by atoms with E-state index in [0.29, 0.717) is 23.2 Å². The van der Waals surface area contributed by atoms with Gasteiger partial charge in [-0.2, -0.15) is 0 Å². The van der Waals surface area contributed by atoms with Crippen LogP contribution in [-0.2, 0) is 0 Å². The van der Waals surface area contributed by atoms with Gasteiger partial charge in [0.2, 0.25) is 5.75 Å². The zero-order valence-corrected chi connectivity index (χ0v) is 15.7. The molecule has 6 nitrogen and oxygen atoms in total. The molecule has 1 aromatic heterocycles. The largest absolute Gasteiger partial charge is 0.493 e. The third kappa shape index (κ3) is 4.00. The molecule has 1 aliphatic carbocycles. The van der Waals surface area contributed by atoms with Gasteiger partial charge in [-0.3, -0.25) is 4.98 Å². The van der Waals surface area contributed by atoms with Crippen LogP contribution in [0, 0.1) is 5.92 Å². The summed E-state index contributed by atoms with van der Waals surface area (Å²) in [4.78, 5) is 9.05. The molecule has 6 heteroatoms. The number of methoxy groups -OCH3 is 3. The molecule has 140 valence electrons. The number of benzene rings is 1. The first-order valence-corrected chi connectivity index (χ1v) is 9.12. The van der Waals surface area contributed by atoms with Crippen molar-refractivity contribution in [3.8, 4) is 28.5 Å². The topological polar surface area (TPSA) is 65.5 Å². The highest BCUT2D eigenvalue weighted by atomic mass is 16.5. The molecule has 3 rings (SSSR count). The Morgan fingerprint density at radius 3 is 2.19 bits per heavy atom. The van der Waals surface area contributed by atoms with Gasteiger partial charge in [-0.05, 0) is 30.9 Å². The van der Waals surface area contributed by atoms with Gasteiger partial charge in [0.25, 0.3) is 0 Å². The fourth-order valence-corrected chi connectivity index (χ4v) is 3.53. The molecule has 0 unspecified atom stereocenters. The molecule has 0 spiro atoms. The molecular formula is C20H27N3O3. The lowest BCUT2D eigenvalue weighted by molar-refractivity contribution is 0.324. The maximum atomic E-state index is 5.46. The van der Waals surface area contributed by atoms with Crippen molar-refractivity contribution in [1.29, 1.82) is 0 Å². The average molecular weight is 357 g/mol. The summed E-state index contributed by atoms with van der Waals surface area (Å²) in [5.74, 6) is 3.27. The van der Waals surface area contributed by atoms with E-state index in [2.05, 4.69) is 15.3 Å². The molecule has 1 aromatic carbocycles. The number of aromatic nitrogens is 2. The number of nitrogens with zero attached hydrogens (tertiary/aromatic N) is 2. The molecule has 26 heavy (non-hydrogen) atoms. The van der Waals surface area contributed by atoms with Crippen LogP contribution in [0.3, 0.4) is 0 Å². The van der Waals surface area contributed by atoms with E-state index in [9.17, 15) is 0 Å². The van der Waals surface area contributed by atoms with Crippen LogP contribution in [0.2, 0.25) is 0 Å². The van der Waals surface area contributed by atoms with Gasteiger partial charge in [0.1, 0.15) is 5.69 Å². The van der Waals surface area contributed by atoms with Crippen LogP contribution in [0.25, 0.3) is 11.3 Å². The summed E-state index contributed by atoms with van der Waals surface area (Å²) in [5, 5.41) is 3.50. The van der Waals surface area contributed by atoms with Gasteiger partial charge in [0.15, 0.2) is 17.3 Å². The summed E-state index contributed by atoms with van der Waals surface area (Å²) >= 11 is 0. The predicted molar refractivity (Wildman–Crippen MR) is 102 cm³/mol. The molecule has 1 heterocycles. The SMILES string of the molecule is COc1cc(-c2nccnc2NCC2CCCCC2)cc(OC)c1OC. The van der Waals surface area contributed by atoms with Crippen molar-refractivity contribution in [2.75, 3.05) is 33.2 Å². The highest BCUT2D eigenvalue weighted by Gasteiger charge is 2.18. The Hall–Kier alpha value is -2.50. The van der Waals surface area contributed by atoms with Crippen molar-refractivity contribution in [3.63, 3.8) is 0 Å². The zero-order valence-electron chi connectivity index (χ0n) is 15.7. The quantitative estimate of drug-likeness (QED) is 0.802. The van der Waals surface area contributed by atoms with E-state index in [0.717, 1.165) is 23.6 Å². The van der Waals surface area contributed by atoms with E-state index in [1.807, 2.05) is 12.1 Å². The number of hydrogen-bond acceptors (Lipinski definition) is 6. The first kappa shape index (κ1) is 18.3. The Labute approximate surface area is 154 Å². The number of hydrogen-bond donors (Lipinski definition) is 1. The second kappa shape index (κ2) is 8.74. The van der Waals surface area contributed by atoms with E-state index in [4.69, 9.17) is 14.2 Å². The lowest BCUT2D eigenvalue weighted by Gasteiger charge is -2.22. The first-order valence-electron chi connectivity index (χ1n) is 9.12. The molecule has 0 atom stereocenters. The second-order valence-electron chi connectivity index (χ2n) is 6.55. The fraction of sp³-hybridized carbons (Fsp3) is 0.500. The van der Waals surface area contributed by atoms with Gasteiger partial charge in [-0.25, -0.2) is 4.98 Å². The lowest BCUT2D eigenvalue weighted by atomic mass is 9.89. The summed E-state index contributed by atoms with van der Waals surface area (Å²) in [7, 11) is 4.82. The molecule has 0 radical (unpaired) electrons. The molecule has 1 aliphatic rings. The molecule has 1 N–H and O–H groups in total. The van der Waals surface area contributed by atoms with Crippen molar-refractivity contribution in [2.24, 2.45) is 5.92 Å². The molecule has 0 saturated heterocycles. The van der Waals surface area contributed by atoms with Gasteiger partial charge in [0.05, 0.1) is 21.3 Å². The third-order valence-electron chi connectivity index (χ3n) is 4.92. The molecular weight excluding hydrogens is 330 g/mol. The van der Waals surface area contributed by atoms with Gasteiger partial charge >= 0.3 is 0 Å². The molecule has 0 aliphatic heterocycles. The average Bonchev–Trinajstić information content (AvgIpc) is 2.72. The summed E-state index contributed by atoms with van der Waals surface area (Å²) in [6.07, 6.45) is 9.99. The fourth-order valence-electron chi connectivity index (χ4n) is 3.53. The molecule has 0 bridgehead atoms. The van der Waals surface area contributed by atoms with E-state index >= 15 is 0 Å². The van der Waals surface area contributed by atoms with Gasteiger partial charge < -0.3 is 19.5 Å². The normalized spacial score (nSPS) is 14.7. The van der Waals surface area contributed by atoms with Crippen LogP contribution < -0.4 is 19.5 Å². The van der Waals surface area contributed by atoms with Crippen LogP contribution in [0.5, 0.6) is 17.2 Å². The Bertz CT molecular complexity index is 705. The Morgan fingerprint density at radius 2 is 1.58 bits per heavy atom. The molecule has 2 aromatic rings. The van der Waals surface area contributed by atoms with Crippen molar-refractivity contribution in [3.05, 3.63) is 24.5 Å². The smallest absolute Gasteiger partial charge is 0.203 e. The molecule has 1 saturated carbocycles. The van der Waals surface area contributed by atoms with Gasteiger partial charge in [-0.15, -0.1) is 0 Å². The first-order chi connectivity index (χ1) is 12.8. The van der Waals surface area contributed by atoms with Gasteiger partial charge in [0, 0.05) is 24.5 Å². The van der Waals surface area contributed by atoms with Crippen LogP contribution >= 0.6 is 0 Å². The minimum absolute atomic E-state index is 0.569. The van der Waals surface area contributed by atoms with E-state index in [1.165, 1.54) is 32.1 Å². The minimum Gasteiger partial charge on any atom is -0.493 e. The molecule has 0 amide bonds. The highest BCUT2D eigenvalue weighted by molar-refractivity contribution is 5.75. The summed E-state index contributed by atoms with van der Waals surface area (Å²) in [6.45, 7) is 0.927. The number of ether oxygens (including phenoxy) is 3.